The normalized spacial score (nSPS) is 17.3. The van der Waals surface area contributed by atoms with Crippen LogP contribution in [0.5, 0.6) is 0 Å². The molecule has 15 heavy (non-hydrogen) atoms. The summed E-state index contributed by atoms with van der Waals surface area (Å²) in [6.45, 7) is 5.90. The summed E-state index contributed by atoms with van der Waals surface area (Å²) in [6.07, 6.45) is 1.28. The molecule has 1 N–H and O–H groups in total. The molecule has 0 aromatic carbocycles. The summed E-state index contributed by atoms with van der Waals surface area (Å²) >= 11 is 1.86. The summed E-state index contributed by atoms with van der Waals surface area (Å²) in [6, 6.07) is 4.36. The maximum Gasteiger partial charge on any atom is 0.0328 e. The zero-order valence-corrected chi connectivity index (χ0v) is 11.1. The predicted octanol–water partition coefficient (Wildman–Crippen LogP) is 2.39. The molecule has 0 amide bonds. The topological polar surface area (TPSA) is 15.3 Å². The van der Waals surface area contributed by atoms with Crippen molar-refractivity contribution in [3.05, 3.63) is 22.4 Å². The lowest BCUT2D eigenvalue weighted by Gasteiger charge is -2.17. The molecule has 1 aromatic heterocycles. The van der Waals surface area contributed by atoms with Gasteiger partial charge in [-0.2, -0.15) is 0 Å². The number of hydrogen-bond donors (Lipinski definition) is 1. The Morgan fingerprint density at radius 3 is 2.87 bits per heavy atom. The molecule has 0 bridgehead atoms. The molecule has 0 atom stereocenters. The zero-order valence-electron chi connectivity index (χ0n) is 8.65. The molecule has 5 heteroatoms. The van der Waals surface area contributed by atoms with E-state index in [0.717, 1.165) is 13.1 Å². The van der Waals surface area contributed by atoms with Crippen LogP contribution in [0.1, 0.15) is 11.3 Å². The molecule has 88 valence electrons. The van der Waals surface area contributed by atoms with Gasteiger partial charge in [-0.3, -0.25) is 4.90 Å². The Bertz CT molecular complexity index is 234. The van der Waals surface area contributed by atoms with Gasteiger partial charge in [0.15, 0.2) is 0 Å². The van der Waals surface area contributed by atoms with Crippen molar-refractivity contribution in [2.24, 2.45) is 0 Å². The molecule has 2 rings (SSSR count). The highest BCUT2D eigenvalue weighted by Crippen LogP contribution is 2.12. The van der Waals surface area contributed by atoms with Crippen molar-refractivity contribution in [3.8, 4) is 0 Å². The van der Waals surface area contributed by atoms with Crippen LogP contribution in [0.25, 0.3) is 0 Å². The van der Waals surface area contributed by atoms with Crippen LogP contribution in [0.2, 0.25) is 0 Å². The first-order valence-corrected chi connectivity index (χ1v) is 5.78. The van der Waals surface area contributed by atoms with Crippen molar-refractivity contribution in [2.45, 2.75) is 13.0 Å². The molecule has 2 heterocycles. The van der Waals surface area contributed by atoms with E-state index < -0.39 is 0 Å². The van der Waals surface area contributed by atoms with Gasteiger partial charge in [-0.25, -0.2) is 0 Å². The van der Waals surface area contributed by atoms with Crippen LogP contribution in [-0.4, -0.2) is 31.1 Å². The van der Waals surface area contributed by atoms with Gasteiger partial charge >= 0.3 is 0 Å². The van der Waals surface area contributed by atoms with E-state index in [0.29, 0.717) is 0 Å². The second kappa shape index (κ2) is 8.36. The van der Waals surface area contributed by atoms with Gasteiger partial charge in [-0.1, -0.05) is 6.07 Å². The van der Waals surface area contributed by atoms with E-state index in [2.05, 4.69) is 27.7 Å². The Morgan fingerprint density at radius 2 is 2.13 bits per heavy atom. The Morgan fingerprint density at radius 1 is 1.27 bits per heavy atom. The minimum atomic E-state index is 0. The summed E-state index contributed by atoms with van der Waals surface area (Å²) in [7, 11) is 0. The van der Waals surface area contributed by atoms with E-state index in [1.54, 1.807) is 0 Å². The fourth-order valence-corrected chi connectivity index (χ4v) is 2.43. The van der Waals surface area contributed by atoms with Crippen LogP contribution in [0.3, 0.4) is 0 Å². The van der Waals surface area contributed by atoms with E-state index in [1.165, 1.54) is 30.9 Å². The minimum absolute atomic E-state index is 0. The average molecular weight is 269 g/mol. The van der Waals surface area contributed by atoms with E-state index in [4.69, 9.17) is 0 Å². The lowest BCUT2D eigenvalue weighted by Crippen LogP contribution is -2.27. The maximum atomic E-state index is 3.42. The van der Waals surface area contributed by atoms with Crippen LogP contribution in [0, 0.1) is 0 Å². The molecule has 1 aliphatic heterocycles. The Hall–Kier alpha value is 0.200. The first-order valence-electron chi connectivity index (χ1n) is 4.90. The molecule has 0 spiro atoms. The largest absolute Gasteiger partial charge is 0.315 e. The molecule has 1 aliphatic rings. The van der Waals surface area contributed by atoms with E-state index in [-0.39, 0.29) is 24.8 Å². The molecular formula is C10H18Cl2N2S. The number of halogens is 2. The number of nitrogens with zero attached hydrogens (tertiary/aromatic N) is 1. The van der Waals surface area contributed by atoms with Crippen molar-refractivity contribution in [1.82, 2.24) is 10.2 Å². The fourth-order valence-electron chi connectivity index (χ4n) is 1.68. The Kier molecular flexibility index (Phi) is 8.47. The third-order valence-electron chi connectivity index (χ3n) is 2.39. The highest BCUT2D eigenvalue weighted by atomic mass is 35.5. The van der Waals surface area contributed by atoms with Crippen molar-refractivity contribution < 1.29 is 0 Å². The Balaban J connectivity index is 0.000000980. The Labute approximate surface area is 108 Å². The lowest BCUT2D eigenvalue weighted by atomic mass is 10.3. The molecule has 1 saturated heterocycles. The molecule has 0 radical (unpaired) electrons. The summed E-state index contributed by atoms with van der Waals surface area (Å²) in [5.41, 5.74) is 0. The third-order valence-corrected chi connectivity index (χ3v) is 3.25. The average Bonchev–Trinajstić information content (AvgIpc) is 2.49. The van der Waals surface area contributed by atoms with Crippen LogP contribution >= 0.6 is 36.2 Å². The van der Waals surface area contributed by atoms with Crippen LogP contribution in [-0.2, 0) is 6.54 Å². The van der Waals surface area contributed by atoms with E-state index in [9.17, 15) is 0 Å². The SMILES string of the molecule is Cl.Cl.c1csc(CN2CCCNCC2)c1. The van der Waals surface area contributed by atoms with Crippen molar-refractivity contribution in [3.63, 3.8) is 0 Å². The number of rotatable bonds is 2. The van der Waals surface area contributed by atoms with E-state index in [1.807, 2.05) is 11.3 Å². The molecule has 2 nitrogen and oxygen atoms in total. The van der Waals surface area contributed by atoms with Gasteiger partial charge in [0.1, 0.15) is 0 Å². The quantitative estimate of drug-likeness (QED) is 0.886. The second-order valence-corrected chi connectivity index (χ2v) is 4.49. The first-order chi connectivity index (χ1) is 6.45. The predicted molar refractivity (Wildman–Crippen MR) is 71.6 cm³/mol. The summed E-state index contributed by atoms with van der Waals surface area (Å²) in [5.74, 6) is 0. The number of thiophene rings is 1. The standard InChI is InChI=1S/C10H16N2S.2ClH/c1-3-10(13-8-1)9-12-6-2-4-11-5-7-12;;/h1,3,8,11H,2,4-7,9H2;2*1H. The third kappa shape index (κ3) is 5.18. The molecule has 0 saturated carbocycles. The summed E-state index contributed by atoms with van der Waals surface area (Å²) in [5, 5.41) is 5.58. The van der Waals surface area contributed by atoms with Gasteiger partial charge in [-0.05, 0) is 31.0 Å². The molecule has 0 unspecified atom stereocenters. The first kappa shape index (κ1) is 15.2. The minimum Gasteiger partial charge on any atom is -0.315 e. The number of hydrogen-bond acceptors (Lipinski definition) is 3. The smallest absolute Gasteiger partial charge is 0.0328 e. The van der Waals surface area contributed by atoms with Gasteiger partial charge in [0.2, 0.25) is 0 Å². The van der Waals surface area contributed by atoms with E-state index >= 15 is 0 Å². The highest BCUT2D eigenvalue weighted by molar-refractivity contribution is 7.09. The van der Waals surface area contributed by atoms with Crippen molar-refractivity contribution in [1.29, 1.82) is 0 Å². The van der Waals surface area contributed by atoms with Crippen molar-refractivity contribution in [2.75, 3.05) is 26.2 Å². The van der Waals surface area contributed by atoms with Crippen LogP contribution in [0.4, 0.5) is 0 Å². The number of nitrogens with one attached hydrogen (secondary N) is 1. The van der Waals surface area contributed by atoms with Gasteiger partial charge in [0.05, 0.1) is 0 Å². The fraction of sp³-hybridized carbons (Fsp3) is 0.600. The second-order valence-electron chi connectivity index (χ2n) is 3.46. The highest BCUT2D eigenvalue weighted by Gasteiger charge is 2.08. The van der Waals surface area contributed by atoms with Crippen LogP contribution < -0.4 is 5.32 Å². The summed E-state index contributed by atoms with van der Waals surface area (Å²) in [4.78, 5) is 4.02. The van der Waals surface area contributed by atoms with Crippen molar-refractivity contribution >= 4 is 36.2 Å². The van der Waals surface area contributed by atoms with Gasteiger partial charge < -0.3 is 5.32 Å². The molecule has 1 fully saturated rings. The van der Waals surface area contributed by atoms with Gasteiger partial charge in [-0.15, -0.1) is 36.2 Å². The summed E-state index contributed by atoms with van der Waals surface area (Å²) < 4.78 is 0. The van der Waals surface area contributed by atoms with Gasteiger partial charge in [0, 0.05) is 24.5 Å². The van der Waals surface area contributed by atoms with Gasteiger partial charge in [0.25, 0.3) is 0 Å². The zero-order chi connectivity index (χ0) is 8.93. The molecule has 0 aliphatic carbocycles. The lowest BCUT2D eigenvalue weighted by molar-refractivity contribution is 0.287. The maximum absolute atomic E-state index is 3.42. The van der Waals surface area contributed by atoms with Crippen LogP contribution in [0.15, 0.2) is 17.5 Å². The monoisotopic (exact) mass is 268 g/mol. The molecular weight excluding hydrogens is 251 g/mol. The molecule has 1 aromatic rings.